The van der Waals surface area contributed by atoms with Gasteiger partial charge in [0, 0.05) is 19.4 Å². The fourth-order valence-electron chi connectivity index (χ4n) is 1.87. The third-order valence-electron chi connectivity index (χ3n) is 2.83. The van der Waals surface area contributed by atoms with Gasteiger partial charge in [-0.1, -0.05) is 0 Å². The van der Waals surface area contributed by atoms with E-state index in [2.05, 4.69) is 10.6 Å². The first-order chi connectivity index (χ1) is 7.68. The minimum Gasteiger partial charge on any atom is -0.481 e. The van der Waals surface area contributed by atoms with Crippen molar-refractivity contribution in [3.05, 3.63) is 0 Å². The lowest BCUT2D eigenvalue weighted by molar-refractivity contribution is -0.137. The largest absolute Gasteiger partial charge is 0.481 e. The van der Waals surface area contributed by atoms with Crippen molar-refractivity contribution < 1.29 is 14.7 Å². The first-order valence-electron chi connectivity index (χ1n) is 5.87. The maximum Gasteiger partial charge on any atom is 0.303 e. The molecule has 1 saturated heterocycles. The van der Waals surface area contributed by atoms with Gasteiger partial charge < -0.3 is 15.7 Å². The van der Waals surface area contributed by atoms with Crippen LogP contribution in [-0.4, -0.2) is 36.6 Å². The summed E-state index contributed by atoms with van der Waals surface area (Å²) in [6, 6.07) is 0. The van der Waals surface area contributed by atoms with Crippen LogP contribution < -0.4 is 10.6 Å². The van der Waals surface area contributed by atoms with Crippen LogP contribution in [-0.2, 0) is 9.59 Å². The number of amides is 1. The summed E-state index contributed by atoms with van der Waals surface area (Å²) in [7, 11) is 0. The first-order valence-corrected chi connectivity index (χ1v) is 5.87. The number of carboxylic acid groups (broad SMARTS) is 1. The zero-order valence-corrected chi connectivity index (χ0v) is 9.50. The van der Waals surface area contributed by atoms with Crippen LogP contribution in [0.15, 0.2) is 0 Å². The van der Waals surface area contributed by atoms with Crippen molar-refractivity contribution in [2.24, 2.45) is 5.92 Å². The predicted molar refractivity (Wildman–Crippen MR) is 60.1 cm³/mol. The predicted octanol–water partition coefficient (Wildman–Crippen LogP) is 0.357. The molecule has 1 atom stereocenters. The fourth-order valence-corrected chi connectivity index (χ4v) is 1.87. The van der Waals surface area contributed by atoms with E-state index in [1.807, 2.05) is 0 Å². The van der Waals surface area contributed by atoms with E-state index in [1.165, 1.54) is 6.42 Å². The molecule has 0 bridgehead atoms. The average molecular weight is 228 g/mol. The Morgan fingerprint density at radius 1 is 1.38 bits per heavy atom. The maximum absolute atomic E-state index is 11.3. The quantitative estimate of drug-likeness (QED) is 0.588. The Bertz CT molecular complexity index is 237. The van der Waals surface area contributed by atoms with Crippen molar-refractivity contribution in [1.82, 2.24) is 10.6 Å². The Morgan fingerprint density at radius 2 is 2.19 bits per heavy atom. The number of rotatable bonds is 7. The van der Waals surface area contributed by atoms with Gasteiger partial charge in [0.2, 0.25) is 5.91 Å². The summed E-state index contributed by atoms with van der Waals surface area (Å²) in [5.41, 5.74) is 0. The Morgan fingerprint density at radius 3 is 2.81 bits per heavy atom. The molecule has 0 aromatic heterocycles. The minimum atomic E-state index is -0.843. The highest BCUT2D eigenvalue weighted by molar-refractivity contribution is 5.76. The van der Waals surface area contributed by atoms with Crippen LogP contribution in [0.4, 0.5) is 0 Å². The molecule has 0 aliphatic carbocycles. The Balaban J connectivity index is 1.95. The van der Waals surface area contributed by atoms with Crippen molar-refractivity contribution in [2.75, 3.05) is 19.6 Å². The zero-order valence-electron chi connectivity index (χ0n) is 9.50. The van der Waals surface area contributed by atoms with E-state index in [1.54, 1.807) is 0 Å². The Kier molecular flexibility index (Phi) is 5.85. The average Bonchev–Trinajstić information content (AvgIpc) is 2.70. The molecule has 1 amide bonds. The van der Waals surface area contributed by atoms with E-state index < -0.39 is 5.97 Å². The second-order valence-corrected chi connectivity index (χ2v) is 4.24. The van der Waals surface area contributed by atoms with Gasteiger partial charge in [-0.3, -0.25) is 9.59 Å². The molecule has 1 unspecified atom stereocenters. The maximum atomic E-state index is 11.3. The van der Waals surface area contributed by atoms with E-state index in [9.17, 15) is 9.59 Å². The normalized spacial score (nSPS) is 19.6. The molecule has 5 heteroatoms. The summed E-state index contributed by atoms with van der Waals surface area (Å²) in [6.07, 6.45) is 3.01. The summed E-state index contributed by atoms with van der Waals surface area (Å²) < 4.78 is 0. The third kappa shape index (κ3) is 5.70. The second-order valence-electron chi connectivity index (χ2n) is 4.24. The number of carbonyl (C=O) groups is 2. The van der Waals surface area contributed by atoms with E-state index in [-0.39, 0.29) is 12.3 Å². The third-order valence-corrected chi connectivity index (χ3v) is 2.83. The van der Waals surface area contributed by atoms with Crippen LogP contribution in [0, 0.1) is 5.92 Å². The molecule has 0 radical (unpaired) electrons. The smallest absolute Gasteiger partial charge is 0.303 e. The van der Waals surface area contributed by atoms with Gasteiger partial charge in [0.05, 0.1) is 0 Å². The lowest BCUT2D eigenvalue weighted by Gasteiger charge is -2.08. The molecule has 1 heterocycles. The zero-order chi connectivity index (χ0) is 11.8. The summed E-state index contributed by atoms with van der Waals surface area (Å²) in [4.78, 5) is 21.5. The van der Waals surface area contributed by atoms with Gasteiger partial charge >= 0.3 is 5.97 Å². The fraction of sp³-hybridized carbons (Fsp3) is 0.818. The highest BCUT2D eigenvalue weighted by atomic mass is 16.4. The van der Waals surface area contributed by atoms with Crippen LogP contribution in [0.25, 0.3) is 0 Å². The van der Waals surface area contributed by atoms with E-state index in [0.29, 0.717) is 25.3 Å². The Hall–Kier alpha value is -1.10. The van der Waals surface area contributed by atoms with Crippen LogP contribution in [0.5, 0.6) is 0 Å². The number of carboxylic acids is 1. The van der Waals surface area contributed by atoms with Crippen molar-refractivity contribution in [3.63, 3.8) is 0 Å². The molecule has 92 valence electrons. The molecule has 0 spiro atoms. The standard InChI is InChI=1S/C11H20N2O3/c14-10(2-1-3-11(15)16)13-7-5-9-4-6-12-8-9/h9,12H,1-8H2,(H,13,14)(H,15,16). The molecular formula is C11H20N2O3. The van der Waals surface area contributed by atoms with E-state index in [4.69, 9.17) is 5.11 Å². The van der Waals surface area contributed by atoms with Gasteiger partial charge in [0.1, 0.15) is 0 Å². The van der Waals surface area contributed by atoms with Gasteiger partial charge in [0.25, 0.3) is 0 Å². The molecular weight excluding hydrogens is 208 g/mol. The lowest BCUT2D eigenvalue weighted by Crippen LogP contribution is -2.26. The number of nitrogens with one attached hydrogen (secondary N) is 2. The molecule has 1 aliphatic rings. The summed E-state index contributed by atoms with van der Waals surface area (Å²) >= 11 is 0. The van der Waals surface area contributed by atoms with Gasteiger partial charge in [-0.05, 0) is 38.3 Å². The van der Waals surface area contributed by atoms with Gasteiger partial charge in [-0.25, -0.2) is 0 Å². The molecule has 1 fully saturated rings. The van der Waals surface area contributed by atoms with Crippen molar-refractivity contribution >= 4 is 11.9 Å². The highest BCUT2D eigenvalue weighted by Gasteiger charge is 2.13. The van der Waals surface area contributed by atoms with Crippen molar-refractivity contribution in [1.29, 1.82) is 0 Å². The van der Waals surface area contributed by atoms with Crippen molar-refractivity contribution in [3.8, 4) is 0 Å². The number of hydrogen-bond donors (Lipinski definition) is 3. The first kappa shape index (κ1) is 13.0. The molecule has 0 saturated carbocycles. The minimum absolute atomic E-state index is 0.0350. The van der Waals surface area contributed by atoms with Crippen LogP contribution in [0.1, 0.15) is 32.1 Å². The van der Waals surface area contributed by atoms with E-state index in [0.717, 1.165) is 19.5 Å². The van der Waals surface area contributed by atoms with E-state index >= 15 is 0 Å². The highest BCUT2D eigenvalue weighted by Crippen LogP contribution is 2.10. The summed E-state index contributed by atoms with van der Waals surface area (Å²) in [5.74, 6) is -0.198. The van der Waals surface area contributed by atoms with Crippen LogP contribution >= 0.6 is 0 Å². The molecule has 16 heavy (non-hydrogen) atoms. The van der Waals surface area contributed by atoms with Gasteiger partial charge in [-0.2, -0.15) is 0 Å². The number of aliphatic carboxylic acids is 1. The lowest BCUT2D eigenvalue weighted by atomic mass is 10.1. The topological polar surface area (TPSA) is 78.4 Å². The van der Waals surface area contributed by atoms with Gasteiger partial charge in [-0.15, -0.1) is 0 Å². The number of carbonyl (C=O) groups excluding carboxylic acids is 1. The van der Waals surface area contributed by atoms with Crippen LogP contribution in [0.2, 0.25) is 0 Å². The molecule has 0 aromatic rings. The molecule has 3 N–H and O–H groups in total. The SMILES string of the molecule is O=C(O)CCCC(=O)NCCC1CCNC1. The summed E-state index contributed by atoms with van der Waals surface area (Å²) in [6.45, 7) is 2.84. The monoisotopic (exact) mass is 228 g/mol. The molecule has 0 aromatic carbocycles. The second kappa shape index (κ2) is 7.22. The Labute approximate surface area is 95.6 Å². The van der Waals surface area contributed by atoms with Crippen LogP contribution in [0.3, 0.4) is 0 Å². The molecule has 1 rings (SSSR count). The molecule has 1 aliphatic heterocycles. The van der Waals surface area contributed by atoms with Gasteiger partial charge in [0.15, 0.2) is 0 Å². The molecule has 5 nitrogen and oxygen atoms in total. The summed E-state index contributed by atoms with van der Waals surface area (Å²) in [5, 5.41) is 14.5. The number of hydrogen-bond acceptors (Lipinski definition) is 3. The van der Waals surface area contributed by atoms with Crippen molar-refractivity contribution in [2.45, 2.75) is 32.1 Å².